The zero-order valence-electron chi connectivity index (χ0n) is 10.8. The molecule has 0 amide bonds. The second-order valence-electron chi connectivity index (χ2n) is 5.36. The van der Waals surface area contributed by atoms with Crippen LogP contribution in [0.4, 0.5) is 0 Å². The van der Waals surface area contributed by atoms with Crippen molar-refractivity contribution in [3.05, 3.63) is 30.3 Å². The summed E-state index contributed by atoms with van der Waals surface area (Å²) in [4.78, 5) is 2.53. The summed E-state index contributed by atoms with van der Waals surface area (Å²) in [6, 6.07) is 10.8. The highest BCUT2D eigenvalue weighted by atomic mass is 16.5. The third kappa shape index (κ3) is 3.24. The van der Waals surface area contributed by atoms with Crippen molar-refractivity contribution in [3.63, 3.8) is 0 Å². The predicted octanol–water partition coefficient (Wildman–Crippen LogP) is 1.75. The summed E-state index contributed by atoms with van der Waals surface area (Å²) in [5.74, 6) is 1.93. The van der Waals surface area contributed by atoms with Gasteiger partial charge in [0, 0.05) is 32.2 Å². The molecule has 1 heterocycles. The Morgan fingerprint density at radius 3 is 2.83 bits per heavy atom. The van der Waals surface area contributed by atoms with Crippen LogP contribution in [0.15, 0.2) is 30.3 Å². The highest BCUT2D eigenvalue weighted by Gasteiger charge is 2.33. The molecular formula is C15H22N2O. The van der Waals surface area contributed by atoms with Gasteiger partial charge in [-0.05, 0) is 30.9 Å². The molecular weight excluding hydrogens is 224 g/mol. The average Bonchev–Trinajstić information content (AvgIpc) is 3.25. The molecule has 1 unspecified atom stereocenters. The van der Waals surface area contributed by atoms with Crippen molar-refractivity contribution in [2.24, 2.45) is 5.92 Å². The highest BCUT2D eigenvalue weighted by molar-refractivity contribution is 5.20. The lowest BCUT2D eigenvalue weighted by molar-refractivity contribution is 0.158. The number of rotatable bonds is 5. The van der Waals surface area contributed by atoms with Crippen LogP contribution in [0.3, 0.4) is 0 Å². The molecule has 2 fully saturated rings. The average molecular weight is 246 g/mol. The summed E-state index contributed by atoms with van der Waals surface area (Å²) in [5.41, 5.74) is 0. The van der Waals surface area contributed by atoms with E-state index in [0.29, 0.717) is 0 Å². The molecule has 1 aliphatic carbocycles. The molecule has 0 aromatic heterocycles. The van der Waals surface area contributed by atoms with Crippen LogP contribution in [0.1, 0.15) is 12.8 Å². The maximum Gasteiger partial charge on any atom is 0.119 e. The van der Waals surface area contributed by atoms with Crippen LogP contribution in [-0.4, -0.2) is 43.7 Å². The number of hydrogen-bond acceptors (Lipinski definition) is 3. The Labute approximate surface area is 109 Å². The second kappa shape index (κ2) is 5.72. The molecule has 1 aromatic rings. The maximum absolute atomic E-state index is 5.76. The van der Waals surface area contributed by atoms with E-state index in [1.54, 1.807) is 0 Å². The van der Waals surface area contributed by atoms with Crippen molar-refractivity contribution >= 4 is 0 Å². The third-order valence-electron chi connectivity index (χ3n) is 3.90. The number of nitrogens with zero attached hydrogens (tertiary/aromatic N) is 1. The molecule has 1 N–H and O–H groups in total. The van der Waals surface area contributed by atoms with Crippen LogP contribution in [0, 0.1) is 5.92 Å². The Morgan fingerprint density at radius 2 is 2.06 bits per heavy atom. The van der Waals surface area contributed by atoms with E-state index in [0.717, 1.165) is 44.0 Å². The Hall–Kier alpha value is -1.06. The molecule has 1 atom stereocenters. The fraction of sp³-hybridized carbons (Fsp3) is 0.600. The van der Waals surface area contributed by atoms with Crippen LogP contribution in [0.5, 0.6) is 5.75 Å². The van der Waals surface area contributed by atoms with Crippen molar-refractivity contribution in [2.75, 3.05) is 32.8 Å². The van der Waals surface area contributed by atoms with Crippen LogP contribution < -0.4 is 10.1 Å². The van der Waals surface area contributed by atoms with Gasteiger partial charge in [0.1, 0.15) is 12.4 Å². The topological polar surface area (TPSA) is 24.5 Å². The Balaban J connectivity index is 1.40. The van der Waals surface area contributed by atoms with E-state index in [2.05, 4.69) is 10.2 Å². The molecule has 0 radical (unpaired) electrons. The van der Waals surface area contributed by atoms with Gasteiger partial charge in [-0.15, -0.1) is 0 Å². The molecule has 2 aliphatic rings. The molecule has 18 heavy (non-hydrogen) atoms. The number of ether oxygens (including phenoxy) is 1. The zero-order chi connectivity index (χ0) is 12.2. The normalized spacial score (nSPS) is 25.0. The molecule has 3 nitrogen and oxygen atoms in total. The summed E-state index contributed by atoms with van der Waals surface area (Å²) in [6.45, 7) is 5.32. The predicted molar refractivity (Wildman–Crippen MR) is 72.9 cm³/mol. The van der Waals surface area contributed by atoms with Crippen LogP contribution in [0.25, 0.3) is 0 Å². The minimum Gasteiger partial charge on any atom is -0.492 e. The lowest BCUT2D eigenvalue weighted by atomic mass is 10.1. The van der Waals surface area contributed by atoms with Gasteiger partial charge in [0.15, 0.2) is 0 Å². The van der Waals surface area contributed by atoms with E-state index in [4.69, 9.17) is 4.74 Å². The number of benzene rings is 1. The number of hydrogen-bond donors (Lipinski definition) is 1. The molecule has 3 rings (SSSR count). The summed E-state index contributed by atoms with van der Waals surface area (Å²) in [6.07, 6.45) is 2.85. The largest absolute Gasteiger partial charge is 0.492 e. The molecule has 1 saturated carbocycles. The fourth-order valence-electron chi connectivity index (χ4n) is 2.67. The zero-order valence-corrected chi connectivity index (χ0v) is 10.8. The van der Waals surface area contributed by atoms with Gasteiger partial charge in [-0.3, -0.25) is 4.90 Å². The van der Waals surface area contributed by atoms with Crippen LogP contribution in [-0.2, 0) is 0 Å². The van der Waals surface area contributed by atoms with Gasteiger partial charge in [0.25, 0.3) is 0 Å². The minimum atomic E-state index is 0.732. The molecule has 0 bridgehead atoms. The Bertz CT molecular complexity index is 364. The lowest BCUT2D eigenvalue weighted by Gasteiger charge is -2.33. The molecule has 1 aromatic carbocycles. The summed E-state index contributed by atoms with van der Waals surface area (Å²) < 4.78 is 5.76. The number of piperazine rings is 1. The van der Waals surface area contributed by atoms with Gasteiger partial charge in [0.05, 0.1) is 0 Å². The monoisotopic (exact) mass is 246 g/mol. The SMILES string of the molecule is c1ccc(OCCN2CCNC(C3CC3)C2)cc1. The van der Waals surface area contributed by atoms with E-state index in [9.17, 15) is 0 Å². The first-order valence-electron chi connectivity index (χ1n) is 7.05. The lowest BCUT2D eigenvalue weighted by Crippen LogP contribution is -2.52. The first-order valence-corrected chi connectivity index (χ1v) is 7.05. The van der Waals surface area contributed by atoms with Gasteiger partial charge < -0.3 is 10.1 Å². The van der Waals surface area contributed by atoms with Crippen molar-refractivity contribution < 1.29 is 4.74 Å². The van der Waals surface area contributed by atoms with Gasteiger partial charge in [-0.25, -0.2) is 0 Å². The van der Waals surface area contributed by atoms with E-state index in [1.807, 2.05) is 30.3 Å². The summed E-state index contributed by atoms with van der Waals surface area (Å²) in [7, 11) is 0. The van der Waals surface area contributed by atoms with Gasteiger partial charge in [0.2, 0.25) is 0 Å². The van der Waals surface area contributed by atoms with Crippen molar-refractivity contribution in [3.8, 4) is 5.75 Å². The van der Waals surface area contributed by atoms with Crippen LogP contribution in [0.2, 0.25) is 0 Å². The van der Waals surface area contributed by atoms with Crippen molar-refractivity contribution in [1.82, 2.24) is 10.2 Å². The van der Waals surface area contributed by atoms with E-state index >= 15 is 0 Å². The number of nitrogens with one attached hydrogen (secondary N) is 1. The quantitative estimate of drug-likeness (QED) is 0.856. The standard InChI is InChI=1S/C15H22N2O/c1-2-4-14(5-3-1)18-11-10-17-9-8-16-15(12-17)13-6-7-13/h1-5,13,15-16H,6-12H2. The highest BCUT2D eigenvalue weighted by Crippen LogP contribution is 2.33. The second-order valence-corrected chi connectivity index (χ2v) is 5.36. The first kappa shape index (κ1) is 12.0. The minimum absolute atomic E-state index is 0.732. The summed E-state index contributed by atoms with van der Waals surface area (Å²) >= 11 is 0. The molecule has 1 aliphatic heterocycles. The van der Waals surface area contributed by atoms with E-state index in [1.165, 1.54) is 19.4 Å². The van der Waals surface area contributed by atoms with Crippen molar-refractivity contribution in [1.29, 1.82) is 0 Å². The molecule has 1 saturated heterocycles. The van der Waals surface area contributed by atoms with E-state index < -0.39 is 0 Å². The summed E-state index contributed by atoms with van der Waals surface area (Å²) in [5, 5.41) is 3.64. The molecule has 98 valence electrons. The third-order valence-corrected chi connectivity index (χ3v) is 3.90. The van der Waals surface area contributed by atoms with Crippen molar-refractivity contribution in [2.45, 2.75) is 18.9 Å². The van der Waals surface area contributed by atoms with Gasteiger partial charge >= 0.3 is 0 Å². The van der Waals surface area contributed by atoms with Crippen LogP contribution >= 0.6 is 0 Å². The maximum atomic E-state index is 5.76. The molecule has 3 heteroatoms. The Kier molecular flexibility index (Phi) is 3.81. The first-order chi connectivity index (χ1) is 8.92. The van der Waals surface area contributed by atoms with E-state index in [-0.39, 0.29) is 0 Å². The molecule has 0 spiro atoms. The van der Waals surface area contributed by atoms with Gasteiger partial charge in [-0.1, -0.05) is 18.2 Å². The smallest absolute Gasteiger partial charge is 0.119 e. The number of para-hydroxylation sites is 1. The fourth-order valence-corrected chi connectivity index (χ4v) is 2.67. The Morgan fingerprint density at radius 1 is 1.22 bits per heavy atom. The van der Waals surface area contributed by atoms with Gasteiger partial charge in [-0.2, -0.15) is 0 Å².